The van der Waals surface area contributed by atoms with Gasteiger partial charge in [-0.15, -0.1) is 0 Å². The summed E-state index contributed by atoms with van der Waals surface area (Å²) < 4.78 is 24.5. The highest BCUT2D eigenvalue weighted by Gasteiger charge is 2.72. The molecule has 8 nitrogen and oxygen atoms in total. The summed E-state index contributed by atoms with van der Waals surface area (Å²) in [6.45, 7) is 14.5. The standard InChI is InChI=1S/C27H42N2O6/c1-17(2)7-8-21-26(5,35-21)23-22(32-6)20(9-10-27(23)16-33-27)34-24(31)29-13-19-12-28(11-18(3)30)14-25(19,4)15-29/h7,19-23H,8-16H2,1-6H3/t19-,20-,21-,22-,23-,25?,26+,27+/m1/s1. The zero-order valence-corrected chi connectivity index (χ0v) is 22.2. The highest BCUT2D eigenvalue weighted by Crippen LogP contribution is 2.59. The molecular weight excluding hydrogens is 448 g/mol. The Morgan fingerprint density at radius 3 is 2.49 bits per heavy atom. The van der Waals surface area contributed by atoms with Crippen molar-refractivity contribution in [2.24, 2.45) is 17.3 Å². The number of hydrogen-bond acceptors (Lipinski definition) is 7. The van der Waals surface area contributed by atoms with Crippen molar-refractivity contribution in [1.82, 2.24) is 9.80 Å². The van der Waals surface area contributed by atoms with E-state index in [1.807, 2.05) is 4.90 Å². The number of allylic oxidation sites excluding steroid dienone is 1. The van der Waals surface area contributed by atoms with E-state index >= 15 is 0 Å². The van der Waals surface area contributed by atoms with Crippen LogP contribution in [-0.4, -0.2) is 97.6 Å². The zero-order valence-electron chi connectivity index (χ0n) is 22.2. The van der Waals surface area contributed by atoms with Gasteiger partial charge in [-0.25, -0.2) is 4.79 Å². The number of carbonyl (C=O) groups is 2. The van der Waals surface area contributed by atoms with Gasteiger partial charge in [-0.1, -0.05) is 18.6 Å². The van der Waals surface area contributed by atoms with Gasteiger partial charge < -0.3 is 23.8 Å². The predicted octanol–water partition coefficient (Wildman–Crippen LogP) is 3.04. The fourth-order valence-electron chi connectivity index (χ4n) is 7.31. The van der Waals surface area contributed by atoms with Gasteiger partial charge in [0.2, 0.25) is 0 Å². The van der Waals surface area contributed by atoms with E-state index in [0.29, 0.717) is 25.6 Å². The second-order valence-corrected chi connectivity index (χ2v) is 12.4. The number of fused-ring (bicyclic) bond motifs is 1. The van der Waals surface area contributed by atoms with E-state index in [1.165, 1.54) is 5.57 Å². The van der Waals surface area contributed by atoms with Crippen molar-refractivity contribution in [3.63, 3.8) is 0 Å². The number of amides is 1. The number of likely N-dealkylation sites (tertiary alicyclic amines) is 2. The number of rotatable bonds is 7. The highest BCUT2D eigenvalue weighted by atomic mass is 16.6. The van der Waals surface area contributed by atoms with Crippen LogP contribution in [0.1, 0.15) is 53.9 Å². The molecule has 4 heterocycles. The molecule has 0 N–H and O–H groups in total. The normalized spacial score (nSPS) is 44.3. The second-order valence-electron chi connectivity index (χ2n) is 12.4. The molecule has 5 aliphatic rings. The lowest BCUT2D eigenvalue weighted by Gasteiger charge is -2.43. The monoisotopic (exact) mass is 490 g/mol. The van der Waals surface area contributed by atoms with Crippen molar-refractivity contribution in [2.45, 2.75) is 83.4 Å². The lowest BCUT2D eigenvalue weighted by atomic mass is 9.68. The Labute approximate surface area is 209 Å². The lowest BCUT2D eigenvalue weighted by molar-refractivity contribution is -0.121. The number of hydrogen-bond donors (Lipinski definition) is 0. The third kappa shape index (κ3) is 4.56. The molecule has 1 aliphatic carbocycles. The summed E-state index contributed by atoms with van der Waals surface area (Å²) >= 11 is 0. The number of ether oxygens (including phenoxy) is 4. The number of Topliss-reactive ketones (excluding diaryl/α,β-unsaturated/α-hetero) is 1. The fourth-order valence-corrected chi connectivity index (χ4v) is 7.31. The topological polar surface area (TPSA) is 84.1 Å². The molecule has 35 heavy (non-hydrogen) atoms. The van der Waals surface area contributed by atoms with E-state index in [9.17, 15) is 9.59 Å². The minimum atomic E-state index is -0.341. The van der Waals surface area contributed by atoms with Crippen LogP contribution in [0.25, 0.3) is 0 Å². The molecule has 1 amide bonds. The van der Waals surface area contributed by atoms with Gasteiger partial charge in [-0.05, 0) is 52.9 Å². The summed E-state index contributed by atoms with van der Waals surface area (Å²) in [6.07, 6.45) is 3.98. The first-order valence-electron chi connectivity index (χ1n) is 13.1. The molecule has 0 aromatic rings. The molecule has 5 fully saturated rings. The van der Waals surface area contributed by atoms with Gasteiger partial charge in [0.1, 0.15) is 29.2 Å². The van der Waals surface area contributed by atoms with E-state index in [2.05, 4.69) is 38.7 Å². The number of ketones is 1. The van der Waals surface area contributed by atoms with Gasteiger partial charge >= 0.3 is 6.09 Å². The van der Waals surface area contributed by atoms with E-state index in [1.54, 1.807) is 14.0 Å². The smallest absolute Gasteiger partial charge is 0.410 e. The summed E-state index contributed by atoms with van der Waals surface area (Å²) in [4.78, 5) is 29.0. The van der Waals surface area contributed by atoms with Crippen LogP contribution in [0.2, 0.25) is 0 Å². The average Bonchev–Trinajstić information content (AvgIpc) is 3.61. The maximum absolute atomic E-state index is 13.3. The quantitative estimate of drug-likeness (QED) is 0.401. The van der Waals surface area contributed by atoms with Gasteiger partial charge in [0.05, 0.1) is 25.2 Å². The Morgan fingerprint density at radius 1 is 1.14 bits per heavy atom. The van der Waals surface area contributed by atoms with Crippen LogP contribution in [0, 0.1) is 17.3 Å². The first-order chi connectivity index (χ1) is 16.5. The molecular formula is C27H42N2O6. The SMILES string of the molecule is CO[C@@H]1[C@H](OC(=O)N2C[C@H]3CN(CC(C)=O)CC3(C)C2)CC[C@]2(CO2)[C@H]1[C@@]1(C)O[C@@H]1CC=C(C)C. The van der Waals surface area contributed by atoms with E-state index in [4.69, 9.17) is 18.9 Å². The van der Waals surface area contributed by atoms with Crippen LogP contribution in [0.5, 0.6) is 0 Å². The van der Waals surface area contributed by atoms with E-state index in [0.717, 1.165) is 39.0 Å². The number of methoxy groups -OCH3 is 1. The van der Waals surface area contributed by atoms with Crippen molar-refractivity contribution in [2.75, 3.05) is 46.4 Å². The molecule has 1 saturated carbocycles. The molecule has 0 aromatic heterocycles. The van der Waals surface area contributed by atoms with Crippen LogP contribution in [0.3, 0.4) is 0 Å². The lowest BCUT2D eigenvalue weighted by Crippen LogP contribution is -2.56. The molecule has 196 valence electrons. The maximum Gasteiger partial charge on any atom is 0.410 e. The number of epoxide rings is 2. The molecule has 0 aromatic carbocycles. The van der Waals surface area contributed by atoms with Crippen molar-refractivity contribution in [3.8, 4) is 0 Å². The highest BCUT2D eigenvalue weighted by molar-refractivity contribution is 5.77. The Hall–Kier alpha value is -1.48. The number of carbonyl (C=O) groups excluding carboxylic acids is 2. The summed E-state index contributed by atoms with van der Waals surface area (Å²) in [7, 11) is 1.71. The van der Waals surface area contributed by atoms with Crippen LogP contribution in [-0.2, 0) is 23.7 Å². The third-order valence-electron chi connectivity index (χ3n) is 9.24. The molecule has 0 radical (unpaired) electrons. The first kappa shape index (κ1) is 25.2. The summed E-state index contributed by atoms with van der Waals surface area (Å²) in [5, 5.41) is 0. The van der Waals surface area contributed by atoms with Gasteiger partial charge in [0.25, 0.3) is 0 Å². The third-order valence-corrected chi connectivity index (χ3v) is 9.24. The first-order valence-corrected chi connectivity index (χ1v) is 13.1. The van der Waals surface area contributed by atoms with Crippen LogP contribution >= 0.6 is 0 Å². The molecule has 5 rings (SSSR count). The minimum Gasteiger partial charge on any atom is -0.443 e. The summed E-state index contributed by atoms with van der Waals surface area (Å²) in [6, 6.07) is 0. The van der Waals surface area contributed by atoms with Crippen molar-refractivity contribution < 1.29 is 28.5 Å². The molecule has 4 aliphatic heterocycles. The van der Waals surface area contributed by atoms with Crippen molar-refractivity contribution in [3.05, 3.63) is 11.6 Å². The second kappa shape index (κ2) is 8.82. The Bertz CT molecular complexity index is 898. The van der Waals surface area contributed by atoms with Crippen molar-refractivity contribution >= 4 is 11.9 Å². The Kier molecular flexibility index (Phi) is 6.35. The van der Waals surface area contributed by atoms with E-state index < -0.39 is 0 Å². The molecule has 0 bridgehead atoms. The fraction of sp³-hybridized carbons (Fsp3) is 0.852. The van der Waals surface area contributed by atoms with Gasteiger partial charge in [0.15, 0.2) is 0 Å². The van der Waals surface area contributed by atoms with Gasteiger partial charge in [-0.3, -0.25) is 9.69 Å². The molecule has 1 spiro atoms. The van der Waals surface area contributed by atoms with Gasteiger partial charge in [0, 0.05) is 38.7 Å². The number of nitrogens with zero attached hydrogens (tertiary/aromatic N) is 2. The van der Waals surface area contributed by atoms with Crippen molar-refractivity contribution in [1.29, 1.82) is 0 Å². The Balaban J connectivity index is 1.24. The molecule has 8 heteroatoms. The maximum atomic E-state index is 13.3. The minimum absolute atomic E-state index is 0.00359. The summed E-state index contributed by atoms with van der Waals surface area (Å²) in [5.74, 6) is 0.582. The van der Waals surface area contributed by atoms with Crippen LogP contribution in [0.15, 0.2) is 11.6 Å². The van der Waals surface area contributed by atoms with Crippen LogP contribution < -0.4 is 0 Å². The molecule has 8 atom stereocenters. The largest absolute Gasteiger partial charge is 0.443 e. The van der Waals surface area contributed by atoms with Crippen LogP contribution in [0.4, 0.5) is 4.79 Å². The summed E-state index contributed by atoms with van der Waals surface area (Å²) in [5.41, 5.74) is 0.722. The van der Waals surface area contributed by atoms with E-state index in [-0.39, 0.29) is 52.7 Å². The molecule has 1 unspecified atom stereocenters. The Morgan fingerprint density at radius 2 is 1.89 bits per heavy atom. The molecule has 4 saturated heterocycles. The average molecular weight is 491 g/mol. The van der Waals surface area contributed by atoms with Gasteiger partial charge in [-0.2, -0.15) is 0 Å². The predicted molar refractivity (Wildman–Crippen MR) is 130 cm³/mol. The zero-order chi connectivity index (χ0) is 25.2.